The molecule has 0 aromatic heterocycles. The highest BCUT2D eigenvalue weighted by molar-refractivity contribution is 5.91. The van der Waals surface area contributed by atoms with Crippen LogP contribution in [0.5, 0.6) is 5.75 Å². The summed E-state index contributed by atoms with van der Waals surface area (Å²) in [5.74, 6) is -1.41. The SMILES string of the molecule is NC(N)=NCCC[C@@H](C=O)NC(=O)[C@@H]1C[C@H](Oc2cccc(C(=O)O)c2)CN1C(=O)[C@H]1CCCCN1. The van der Waals surface area contributed by atoms with Crippen LogP contribution in [0.25, 0.3) is 0 Å². The Morgan fingerprint density at radius 1 is 1.31 bits per heavy atom. The fourth-order valence-corrected chi connectivity index (χ4v) is 4.51. The second-order valence-corrected chi connectivity index (χ2v) is 9.02. The van der Waals surface area contributed by atoms with E-state index in [1.54, 1.807) is 12.1 Å². The van der Waals surface area contributed by atoms with E-state index in [2.05, 4.69) is 15.6 Å². The Bertz CT molecular complexity index is 976. The lowest BCUT2D eigenvalue weighted by Gasteiger charge is -2.30. The maximum atomic E-state index is 13.3. The van der Waals surface area contributed by atoms with Crippen LogP contribution in [0.3, 0.4) is 0 Å². The second-order valence-electron chi connectivity index (χ2n) is 9.02. The predicted octanol–water partition coefficient (Wildman–Crippen LogP) is -0.387. The molecule has 0 aliphatic carbocycles. The molecule has 196 valence electrons. The number of carboxylic acids is 1. The van der Waals surface area contributed by atoms with Gasteiger partial charge in [0.1, 0.15) is 24.2 Å². The van der Waals surface area contributed by atoms with Crippen molar-refractivity contribution in [1.82, 2.24) is 15.5 Å². The number of carbonyl (C=O) groups excluding carboxylic acids is 3. The minimum absolute atomic E-state index is 0.0435. The number of carbonyl (C=O) groups is 4. The van der Waals surface area contributed by atoms with E-state index in [1.165, 1.54) is 17.0 Å². The third kappa shape index (κ3) is 7.41. The Morgan fingerprint density at radius 3 is 2.78 bits per heavy atom. The van der Waals surface area contributed by atoms with Crippen LogP contribution < -0.4 is 26.8 Å². The molecule has 2 amide bonds. The summed E-state index contributed by atoms with van der Waals surface area (Å²) in [6.45, 7) is 1.23. The van der Waals surface area contributed by atoms with Gasteiger partial charge in [0.05, 0.1) is 24.2 Å². The van der Waals surface area contributed by atoms with Gasteiger partial charge in [-0.1, -0.05) is 12.5 Å². The van der Waals surface area contributed by atoms with Crippen LogP contribution in [0.15, 0.2) is 29.3 Å². The maximum absolute atomic E-state index is 13.3. The monoisotopic (exact) mass is 502 g/mol. The summed E-state index contributed by atoms with van der Waals surface area (Å²) in [4.78, 5) is 54.8. The minimum atomic E-state index is -1.08. The maximum Gasteiger partial charge on any atom is 0.335 e. The number of nitrogens with zero attached hydrogens (tertiary/aromatic N) is 2. The van der Waals surface area contributed by atoms with Gasteiger partial charge in [-0.2, -0.15) is 0 Å². The highest BCUT2D eigenvalue weighted by atomic mass is 16.5. The number of nitrogens with two attached hydrogens (primary N) is 2. The number of likely N-dealkylation sites (tertiary alicyclic amines) is 1. The number of aldehydes is 1. The number of ether oxygens (including phenoxy) is 1. The third-order valence-corrected chi connectivity index (χ3v) is 6.30. The Morgan fingerprint density at radius 2 is 2.11 bits per heavy atom. The molecule has 1 aromatic rings. The summed E-state index contributed by atoms with van der Waals surface area (Å²) in [7, 11) is 0. The summed E-state index contributed by atoms with van der Waals surface area (Å²) < 4.78 is 5.98. The number of guanidine groups is 1. The molecule has 7 N–H and O–H groups in total. The molecule has 0 bridgehead atoms. The second kappa shape index (κ2) is 12.9. The quantitative estimate of drug-likeness (QED) is 0.116. The Hall–Kier alpha value is -3.67. The average Bonchev–Trinajstić information content (AvgIpc) is 3.29. The number of nitrogens with one attached hydrogen (secondary N) is 2. The zero-order chi connectivity index (χ0) is 26.1. The van der Waals surface area contributed by atoms with Crippen LogP contribution in [-0.2, 0) is 14.4 Å². The van der Waals surface area contributed by atoms with Crippen LogP contribution in [-0.4, -0.2) is 83.9 Å². The number of hydrogen-bond acceptors (Lipinski definition) is 7. The zero-order valence-electron chi connectivity index (χ0n) is 20.1. The lowest BCUT2D eigenvalue weighted by atomic mass is 10.0. The summed E-state index contributed by atoms with van der Waals surface area (Å²) in [5, 5.41) is 15.2. The van der Waals surface area contributed by atoms with Gasteiger partial charge in [0, 0.05) is 13.0 Å². The first-order valence-corrected chi connectivity index (χ1v) is 12.1. The van der Waals surface area contributed by atoms with Crippen molar-refractivity contribution in [1.29, 1.82) is 0 Å². The molecule has 2 aliphatic heterocycles. The fourth-order valence-electron chi connectivity index (χ4n) is 4.51. The molecular formula is C24H34N6O6. The van der Waals surface area contributed by atoms with Gasteiger partial charge in [-0.15, -0.1) is 0 Å². The summed E-state index contributed by atoms with van der Waals surface area (Å²) in [5.41, 5.74) is 10.7. The number of benzene rings is 1. The van der Waals surface area contributed by atoms with Crippen LogP contribution in [0.1, 0.15) is 48.9 Å². The van der Waals surface area contributed by atoms with Gasteiger partial charge in [-0.05, 0) is 50.4 Å². The van der Waals surface area contributed by atoms with Crippen LogP contribution in [0.4, 0.5) is 0 Å². The van der Waals surface area contributed by atoms with Crippen LogP contribution in [0.2, 0.25) is 0 Å². The number of piperidine rings is 1. The highest BCUT2D eigenvalue weighted by Gasteiger charge is 2.43. The summed E-state index contributed by atoms with van der Waals surface area (Å²) in [6, 6.07) is 4.11. The molecule has 2 heterocycles. The zero-order valence-corrected chi connectivity index (χ0v) is 20.1. The third-order valence-electron chi connectivity index (χ3n) is 6.30. The van der Waals surface area contributed by atoms with Crippen molar-refractivity contribution in [2.45, 2.75) is 62.8 Å². The van der Waals surface area contributed by atoms with Crippen molar-refractivity contribution in [3.8, 4) is 5.75 Å². The van der Waals surface area contributed by atoms with Crippen molar-refractivity contribution >= 4 is 30.0 Å². The van der Waals surface area contributed by atoms with Gasteiger partial charge in [-0.25, -0.2) is 4.79 Å². The molecule has 4 atom stereocenters. The topological polar surface area (TPSA) is 189 Å². The molecule has 0 saturated carbocycles. The van der Waals surface area contributed by atoms with Crippen molar-refractivity contribution in [2.75, 3.05) is 19.6 Å². The molecular weight excluding hydrogens is 468 g/mol. The van der Waals surface area contributed by atoms with Gasteiger partial charge in [-0.3, -0.25) is 14.6 Å². The van der Waals surface area contributed by atoms with Gasteiger partial charge in [0.2, 0.25) is 11.8 Å². The van der Waals surface area contributed by atoms with Crippen molar-refractivity contribution in [2.24, 2.45) is 16.5 Å². The van der Waals surface area contributed by atoms with Gasteiger partial charge >= 0.3 is 5.97 Å². The van der Waals surface area contributed by atoms with E-state index in [-0.39, 0.29) is 36.4 Å². The molecule has 1 aromatic carbocycles. The number of carboxylic acid groups (broad SMARTS) is 1. The van der Waals surface area contributed by atoms with Crippen molar-refractivity contribution in [3.05, 3.63) is 29.8 Å². The summed E-state index contributed by atoms with van der Waals surface area (Å²) >= 11 is 0. The van der Waals surface area contributed by atoms with Crippen molar-refractivity contribution < 1.29 is 29.0 Å². The van der Waals surface area contributed by atoms with E-state index in [1.807, 2.05) is 0 Å². The van der Waals surface area contributed by atoms with Gasteiger partial charge in [0.15, 0.2) is 5.96 Å². The molecule has 36 heavy (non-hydrogen) atoms. The van der Waals surface area contributed by atoms with Gasteiger partial charge in [0.25, 0.3) is 0 Å². The first-order chi connectivity index (χ1) is 17.3. The molecule has 0 spiro atoms. The lowest BCUT2D eigenvalue weighted by Crippen LogP contribution is -2.54. The highest BCUT2D eigenvalue weighted by Crippen LogP contribution is 2.26. The largest absolute Gasteiger partial charge is 0.488 e. The smallest absolute Gasteiger partial charge is 0.335 e. The molecule has 2 fully saturated rings. The molecule has 2 aliphatic rings. The van der Waals surface area contributed by atoms with Gasteiger partial charge < -0.3 is 41.6 Å². The average molecular weight is 503 g/mol. The first kappa shape index (κ1) is 26.9. The molecule has 12 nitrogen and oxygen atoms in total. The van der Waals surface area contributed by atoms with E-state index in [0.717, 1.165) is 19.4 Å². The molecule has 3 rings (SSSR count). The van der Waals surface area contributed by atoms with E-state index in [0.29, 0.717) is 37.8 Å². The number of hydrogen-bond donors (Lipinski definition) is 5. The number of aromatic carboxylic acids is 1. The standard InChI is InChI=1S/C24H34N6O6/c25-24(26)28-10-4-6-16(14-31)29-21(32)20-12-18(36-17-7-3-5-15(11-17)23(34)35)13-30(20)22(33)19-8-1-2-9-27-19/h3,5,7,11,14,16,18-20,27H,1-2,4,6,8-10,12-13H2,(H,29,32)(H,34,35)(H4,25,26,28)/t16-,18-,19+,20-/m0/s1. The Balaban J connectivity index is 1.70. The molecule has 12 heteroatoms. The molecule has 2 saturated heterocycles. The number of rotatable bonds is 11. The normalized spacial score (nSPS) is 22.3. The van der Waals surface area contributed by atoms with Crippen molar-refractivity contribution in [3.63, 3.8) is 0 Å². The molecule has 0 radical (unpaired) electrons. The predicted molar refractivity (Wildman–Crippen MR) is 131 cm³/mol. The Labute approximate surface area is 209 Å². The van der Waals surface area contributed by atoms with Crippen LogP contribution in [0, 0.1) is 0 Å². The van der Waals surface area contributed by atoms with Crippen LogP contribution >= 0.6 is 0 Å². The van der Waals surface area contributed by atoms with E-state index >= 15 is 0 Å². The number of amides is 2. The first-order valence-electron chi connectivity index (χ1n) is 12.1. The summed E-state index contributed by atoms with van der Waals surface area (Å²) in [6.07, 6.45) is 3.76. The van der Waals surface area contributed by atoms with E-state index in [9.17, 15) is 24.3 Å². The Kier molecular flexibility index (Phi) is 9.62. The van der Waals surface area contributed by atoms with E-state index < -0.39 is 30.1 Å². The number of aliphatic imine (C=N–C) groups is 1. The fraction of sp³-hybridized carbons (Fsp3) is 0.542. The van der Waals surface area contributed by atoms with E-state index in [4.69, 9.17) is 16.2 Å². The lowest BCUT2D eigenvalue weighted by molar-refractivity contribution is -0.141. The minimum Gasteiger partial charge on any atom is -0.488 e. The molecule has 0 unspecified atom stereocenters.